The first-order valence-electron chi connectivity index (χ1n) is 10.2. The molecule has 1 fully saturated rings. The summed E-state index contributed by atoms with van der Waals surface area (Å²) in [5.41, 5.74) is 1.01. The molecule has 1 atom stereocenters. The van der Waals surface area contributed by atoms with Crippen LogP contribution in [-0.4, -0.2) is 50.2 Å². The molecule has 2 amide bonds. The largest absolute Gasteiger partial charge is 0.348 e. The number of carbonyl (C=O) groups is 2. The second-order valence-electron chi connectivity index (χ2n) is 7.37. The molecular weight excluding hydrogens is 458 g/mol. The Kier molecular flexibility index (Phi) is 8.48. The lowest BCUT2D eigenvalue weighted by Crippen LogP contribution is -2.46. The molecule has 31 heavy (non-hydrogen) atoms. The van der Waals surface area contributed by atoms with Crippen LogP contribution in [-0.2, 0) is 26.0 Å². The number of benzene rings is 1. The van der Waals surface area contributed by atoms with Gasteiger partial charge in [-0.25, -0.2) is 8.42 Å². The number of nitrogens with one attached hydrogen (secondary N) is 2. The van der Waals surface area contributed by atoms with Gasteiger partial charge < -0.3 is 10.6 Å². The monoisotopic (exact) mass is 483 g/mol. The maximum absolute atomic E-state index is 12.9. The van der Waals surface area contributed by atoms with Crippen LogP contribution < -0.4 is 10.6 Å². The van der Waals surface area contributed by atoms with E-state index in [0.29, 0.717) is 35.2 Å². The van der Waals surface area contributed by atoms with Crippen molar-refractivity contribution in [1.29, 1.82) is 0 Å². The van der Waals surface area contributed by atoms with Gasteiger partial charge in [-0.1, -0.05) is 36.2 Å². The summed E-state index contributed by atoms with van der Waals surface area (Å²) in [6.07, 6.45) is 3.57. The fraction of sp³-hybridized carbons (Fsp3) is 0.429. The number of nitrogens with zero attached hydrogens (tertiary/aromatic N) is 1. The van der Waals surface area contributed by atoms with Gasteiger partial charge in [0.1, 0.15) is 4.21 Å². The van der Waals surface area contributed by atoms with Crippen LogP contribution in [0.1, 0.15) is 31.2 Å². The molecule has 0 bridgehead atoms. The van der Waals surface area contributed by atoms with E-state index in [9.17, 15) is 18.0 Å². The first-order valence-corrected chi connectivity index (χ1v) is 12.9. The van der Waals surface area contributed by atoms with Gasteiger partial charge in [0, 0.05) is 30.7 Å². The minimum atomic E-state index is -3.52. The van der Waals surface area contributed by atoms with Crippen LogP contribution in [0, 0.1) is 0 Å². The van der Waals surface area contributed by atoms with Gasteiger partial charge in [-0.2, -0.15) is 4.31 Å². The third kappa shape index (κ3) is 6.52. The Hall–Kier alpha value is -1.94. The van der Waals surface area contributed by atoms with Crippen molar-refractivity contribution in [2.24, 2.45) is 0 Å². The summed E-state index contributed by atoms with van der Waals surface area (Å²) >= 11 is 7.05. The smallest absolute Gasteiger partial charge is 0.309 e. The summed E-state index contributed by atoms with van der Waals surface area (Å²) in [5.74, 6) is -1.40. The Bertz CT molecular complexity index is 979. The molecule has 2 heterocycles. The van der Waals surface area contributed by atoms with E-state index < -0.39 is 21.8 Å². The van der Waals surface area contributed by atoms with Crippen LogP contribution in [0.15, 0.2) is 46.0 Å². The highest BCUT2D eigenvalue weighted by atomic mass is 35.5. The Morgan fingerprint density at radius 3 is 2.45 bits per heavy atom. The molecule has 2 N–H and O–H groups in total. The van der Waals surface area contributed by atoms with Gasteiger partial charge in [-0.3, -0.25) is 9.59 Å². The van der Waals surface area contributed by atoms with Gasteiger partial charge in [-0.15, -0.1) is 11.3 Å². The second-order valence-corrected chi connectivity index (χ2v) is 10.9. The van der Waals surface area contributed by atoms with E-state index in [1.165, 1.54) is 11.3 Å². The van der Waals surface area contributed by atoms with E-state index in [-0.39, 0.29) is 12.6 Å². The minimum Gasteiger partial charge on any atom is -0.348 e. The molecule has 7 nitrogen and oxygen atoms in total. The molecule has 0 aliphatic carbocycles. The molecular formula is C21H26ClN3O4S2. The molecule has 1 saturated heterocycles. The number of sulfonamides is 1. The van der Waals surface area contributed by atoms with E-state index >= 15 is 0 Å². The fourth-order valence-electron chi connectivity index (χ4n) is 3.59. The van der Waals surface area contributed by atoms with Crippen molar-refractivity contribution < 1.29 is 18.0 Å². The average Bonchev–Trinajstić information content (AvgIpc) is 3.31. The summed E-state index contributed by atoms with van der Waals surface area (Å²) in [6.45, 7) is 1.05. The lowest BCUT2D eigenvalue weighted by molar-refractivity contribution is -0.139. The molecule has 1 aromatic carbocycles. The normalized spacial score (nSPS) is 17.3. The van der Waals surface area contributed by atoms with Gasteiger partial charge in [0.15, 0.2) is 0 Å². The topological polar surface area (TPSA) is 95.6 Å². The summed E-state index contributed by atoms with van der Waals surface area (Å²) in [4.78, 5) is 24.1. The third-order valence-electron chi connectivity index (χ3n) is 5.21. The van der Waals surface area contributed by atoms with Crippen molar-refractivity contribution in [3.63, 3.8) is 0 Å². The van der Waals surface area contributed by atoms with Crippen molar-refractivity contribution in [2.75, 3.05) is 19.6 Å². The summed E-state index contributed by atoms with van der Waals surface area (Å²) < 4.78 is 27.7. The van der Waals surface area contributed by atoms with Gasteiger partial charge in [0.05, 0.1) is 0 Å². The van der Waals surface area contributed by atoms with Gasteiger partial charge in [0.2, 0.25) is 0 Å². The second kappa shape index (κ2) is 11.1. The van der Waals surface area contributed by atoms with E-state index in [4.69, 9.17) is 11.6 Å². The van der Waals surface area contributed by atoms with Crippen LogP contribution >= 0.6 is 22.9 Å². The predicted molar refractivity (Wildman–Crippen MR) is 122 cm³/mol. The van der Waals surface area contributed by atoms with Crippen LogP contribution in [0.3, 0.4) is 0 Å². The highest BCUT2D eigenvalue weighted by Crippen LogP contribution is 2.29. The molecule has 0 radical (unpaired) electrons. The lowest BCUT2D eigenvalue weighted by atomic mass is 10.0. The molecule has 1 unspecified atom stereocenters. The maximum atomic E-state index is 12.9. The third-order valence-corrected chi connectivity index (χ3v) is 8.79. The number of halogens is 1. The molecule has 168 valence electrons. The van der Waals surface area contributed by atoms with E-state index in [2.05, 4.69) is 10.6 Å². The Morgan fingerprint density at radius 1 is 1.06 bits per heavy atom. The van der Waals surface area contributed by atoms with Crippen molar-refractivity contribution in [2.45, 2.75) is 42.4 Å². The van der Waals surface area contributed by atoms with Crippen molar-refractivity contribution in [3.8, 4) is 0 Å². The van der Waals surface area contributed by atoms with Crippen LogP contribution in [0.4, 0.5) is 0 Å². The standard InChI is InChI=1S/C21H26ClN3O4S2/c22-17-8-6-16(7-9-17)10-12-23-20(26)21(27)24-13-11-18-4-1-2-14-25(18)31(28,29)19-5-3-15-30-19/h3,5-9,15,18H,1-2,4,10-14H2,(H,23,26)(H,24,27). The van der Waals surface area contributed by atoms with Gasteiger partial charge >= 0.3 is 11.8 Å². The molecule has 0 saturated carbocycles. The number of carbonyl (C=O) groups excluding carboxylic acids is 2. The van der Waals surface area contributed by atoms with Crippen molar-refractivity contribution >= 4 is 44.8 Å². The number of amides is 2. The summed E-state index contributed by atoms with van der Waals surface area (Å²) in [7, 11) is -3.52. The number of piperidine rings is 1. The Labute approximate surface area is 191 Å². The molecule has 1 aliphatic heterocycles. The highest BCUT2D eigenvalue weighted by molar-refractivity contribution is 7.91. The zero-order chi connectivity index (χ0) is 22.3. The SMILES string of the molecule is O=C(NCCc1ccc(Cl)cc1)C(=O)NCCC1CCCCN1S(=O)(=O)c1cccs1. The van der Waals surface area contributed by atoms with Crippen molar-refractivity contribution in [3.05, 3.63) is 52.4 Å². The first-order chi connectivity index (χ1) is 14.9. The summed E-state index contributed by atoms with van der Waals surface area (Å²) in [6, 6.07) is 10.4. The highest BCUT2D eigenvalue weighted by Gasteiger charge is 2.33. The zero-order valence-corrected chi connectivity index (χ0v) is 19.4. The number of hydrogen-bond acceptors (Lipinski definition) is 5. The van der Waals surface area contributed by atoms with E-state index in [1.807, 2.05) is 12.1 Å². The summed E-state index contributed by atoms with van der Waals surface area (Å²) in [5, 5.41) is 7.59. The lowest BCUT2D eigenvalue weighted by Gasteiger charge is -2.34. The molecule has 0 spiro atoms. The number of hydrogen-bond donors (Lipinski definition) is 2. The molecule has 2 aromatic rings. The number of thiophene rings is 1. The molecule has 3 rings (SSSR count). The first kappa shape index (κ1) is 23.7. The Morgan fingerprint density at radius 2 is 1.77 bits per heavy atom. The fourth-order valence-corrected chi connectivity index (χ4v) is 6.56. The van der Waals surface area contributed by atoms with E-state index in [0.717, 1.165) is 24.8 Å². The van der Waals surface area contributed by atoms with Crippen LogP contribution in [0.5, 0.6) is 0 Å². The van der Waals surface area contributed by atoms with Gasteiger partial charge in [0.25, 0.3) is 10.0 Å². The van der Waals surface area contributed by atoms with Crippen LogP contribution in [0.25, 0.3) is 0 Å². The molecule has 10 heteroatoms. The van der Waals surface area contributed by atoms with Crippen molar-refractivity contribution in [1.82, 2.24) is 14.9 Å². The van der Waals surface area contributed by atoms with E-state index in [1.54, 1.807) is 34.0 Å². The molecule has 1 aromatic heterocycles. The zero-order valence-electron chi connectivity index (χ0n) is 17.1. The number of rotatable bonds is 8. The maximum Gasteiger partial charge on any atom is 0.309 e. The van der Waals surface area contributed by atoms with Gasteiger partial charge in [-0.05, 0) is 54.8 Å². The predicted octanol–water partition coefficient (Wildman–Crippen LogP) is 2.81. The molecule has 1 aliphatic rings. The average molecular weight is 484 g/mol. The van der Waals surface area contributed by atoms with Crippen LogP contribution in [0.2, 0.25) is 5.02 Å². The minimum absolute atomic E-state index is 0.186. The Balaban J connectivity index is 1.44. The quantitative estimate of drug-likeness (QED) is 0.564.